The van der Waals surface area contributed by atoms with Gasteiger partial charge in [-0.25, -0.2) is 0 Å². The Hall–Kier alpha value is -1.37. The maximum atomic E-state index is 11.5. The molecule has 1 heteroatoms. The molecule has 0 aliphatic rings. The molecule has 0 heterocycles. The second-order valence-electron chi connectivity index (χ2n) is 3.68. The van der Waals surface area contributed by atoms with Crippen molar-refractivity contribution >= 4 is 11.4 Å². The predicted octanol–water partition coefficient (Wildman–Crippen LogP) is 3.85. The fourth-order valence-electron chi connectivity index (χ4n) is 1.53. The molecule has 0 saturated carbocycles. The summed E-state index contributed by atoms with van der Waals surface area (Å²) in [5, 5.41) is 0. The van der Waals surface area contributed by atoms with Crippen molar-refractivity contribution in [2.75, 3.05) is 0 Å². The van der Waals surface area contributed by atoms with Gasteiger partial charge in [0.2, 0.25) is 0 Å². The van der Waals surface area contributed by atoms with Crippen LogP contribution in [0.2, 0.25) is 0 Å². The van der Waals surface area contributed by atoms with Crippen molar-refractivity contribution in [1.29, 1.82) is 0 Å². The zero-order valence-corrected chi connectivity index (χ0v) is 9.49. The Morgan fingerprint density at radius 2 is 1.93 bits per heavy atom. The van der Waals surface area contributed by atoms with Crippen LogP contribution in [0, 0.1) is 0 Å². The number of unbranched alkanes of at least 4 members (excludes halogenated alkanes) is 2. The number of carbonyl (C=O) groups is 1. The van der Waals surface area contributed by atoms with E-state index in [0.717, 1.165) is 30.4 Å². The van der Waals surface area contributed by atoms with Crippen molar-refractivity contribution in [3.8, 4) is 0 Å². The average molecular weight is 202 g/mol. The van der Waals surface area contributed by atoms with Gasteiger partial charge in [0.05, 0.1) is 0 Å². The standard InChI is InChI=1S/C14H18O/c1-3-4-6-11-14(12(2)15)13-9-7-5-8-10-13/h5,7-11H,3-4,6H2,1-2H3/b14-11+. The van der Waals surface area contributed by atoms with Gasteiger partial charge in [-0.1, -0.05) is 56.2 Å². The molecule has 0 unspecified atom stereocenters. The molecule has 1 aromatic rings. The van der Waals surface area contributed by atoms with Crippen molar-refractivity contribution in [1.82, 2.24) is 0 Å². The molecule has 15 heavy (non-hydrogen) atoms. The Bertz CT molecular complexity index is 336. The number of allylic oxidation sites excluding steroid dienone is 2. The molecule has 0 saturated heterocycles. The average Bonchev–Trinajstić information content (AvgIpc) is 2.25. The van der Waals surface area contributed by atoms with Gasteiger partial charge < -0.3 is 0 Å². The number of Topliss-reactive ketones (excluding diaryl/α,β-unsaturated/α-hetero) is 1. The van der Waals surface area contributed by atoms with Crippen LogP contribution in [0.3, 0.4) is 0 Å². The lowest BCUT2D eigenvalue weighted by atomic mass is 10.0. The van der Waals surface area contributed by atoms with Gasteiger partial charge >= 0.3 is 0 Å². The highest BCUT2D eigenvalue weighted by Crippen LogP contribution is 2.16. The number of ketones is 1. The van der Waals surface area contributed by atoms with E-state index in [1.165, 1.54) is 0 Å². The zero-order valence-electron chi connectivity index (χ0n) is 9.49. The van der Waals surface area contributed by atoms with E-state index in [1.807, 2.05) is 30.3 Å². The number of hydrogen-bond acceptors (Lipinski definition) is 1. The Morgan fingerprint density at radius 1 is 1.27 bits per heavy atom. The fraction of sp³-hybridized carbons (Fsp3) is 0.357. The molecule has 0 fully saturated rings. The minimum absolute atomic E-state index is 0.150. The predicted molar refractivity (Wildman–Crippen MR) is 64.6 cm³/mol. The van der Waals surface area contributed by atoms with Crippen molar-refractivity contribution in [2.24, 2.45) is 0 Å². The van der Waals surface area contributed by atoms with E-state index < -0.39 is 0 Å². The van der Waals surface area contributed by atoms with Crippen molar-refractivity contribution in [3.63, 3.8) is 0 Å². The van der Waals surface area contributed by atoms with E-state index in [-0.39, 0.29) is 5.78 Å². The minimum atomic E-state index is 0.150. The van der Waals surface area contributed by atoms with Crippen LogP contribution in [-0.4, -0.2) is 5.78 Å². The maximum absolute atomic E-state index is 11.5. The van der Waals surface area contributed by atoms with Crippen LogP contribution in [0.5, 0.6) is 0 Å². The fourth-order valence-corrected chi connectivity index (χ4v) is 1.53. The second-order valence-corrected chi connectivity index (χ2v) is 3.68. The lowest BCUT2D eigenvalue weighted by Gasteiger charge is -2.03. The molecule has 0 amide bonds. The SMILES string of the molecule is CCCC/C=C(\C(C)=O)c1ccccc1. The van der Waals surface area contributed by atoms with Crippen LogP contribution in [0.25, 0.3) is 5.57 Å². The topological polar surface area (TPSA) is 17.1 Å². The zero-order chi connectivity index (χ0) is 11.1. The van der Waals surface area contributed by atoms with Gasteiger partial charge in [0, 0.05) is 5.57 Å². The lowest BCUT2D eigenvalue weighted by molar-refractivity contribution is -0.111. The van der Waals surface area contributed by atoms with Crippen LogP contribution in [-0.2, 0) is 4.79 Å². The van der Waals surface area contributed by atoms with E-state index in [1.54, 1.807) is 6.92 Å². The summed E-state index contributed by atoms with van der Waals surface area (Å²) in [4.78, 5) is 11.5. The molecule has 0 aromatic heterocycles. The van der Waals surface area contributed by atoms with E-state index in [2.05, 4.69) is 13.0 Å². The molecule has 0 aliphatic carbocycles. The molecule has 0 aliphatic heterocycles. The summed E-state index contributed by atoms with van der Waals surface area (Å²) in [6, 6.07) is 9.86. The van der Waals surface area contributed by atoms with Gasteiger partial charge in [-0.3, -0.25) is 4.79 Å². The van der Waals surface area contributed by atoms with Crippen molar-refractivity contribution in [3.05, 3.63) is 42.0 Å². The molecule has 0 spiro atoms. The number of benzene rings is 1. The number of carbonyl (C=O) groups excluding carboxylic acids is 1. The van der Waals surface area contributed by atoms with E-state index in [0.29, 0.717) is 0 Å². The summed E-state index contributed by atoms with van der Waals surface area (Å²) in [5.74, 6) is 0.150. The Labute approximate surface area is 91.8 Å². The molecule has 0 atom stereocenters. The number of rotatable bonds is 5. The largest absolute Gasteiger partial charge is 0.295 e. The van der Waals surface area contributed by atoms with Crippen LogP contribution in [0.1, 0.15) is 38.7 Å². The normalized spacial score (nSPS) is 11.5. The lowest BCUT2D eigenvalue weighted by Crippen LogP contribution is -1.95. The second kappa shape index (κ2) is 6.18. The molecule has 0 N–H and O–H groups in total. The highest BCUT2D eigenvalue weighted by molar-refractivity contribution is 6.19. The molecular formula is C14H18O. The summed E-state index contributed by atoms with van der Waals surface area (Å²) in [6.45, 7) is 3.79. The molecule has 80 valence electrons. The van der Waals surface area contributed by atoms with Gasteiger partial charge in [0.15, 0.2) is 5.78 Å². The Kier molecular flexibility index (Phi) is 4.82. The molecule has 0 radical (unpaired) electrons. The third kappa shape index (κ3) is 3.70. The molecular weight excluding hydrogens is 184 g/mol. The van der Waals surface area contributed by atoms with Crippen LogP contribution in [0.15, 0.2) is 36.4 Å². The summed E-state index contributed by atoms with van der Waals surface area (Å²) < 4.78 is 0. The Balaban J connectivity index is 2.84. The van der Waals surface area contributed by atoms with Gasteiger partial charge in [-0.15, -0.1) is 0 Å². The molecule has 1 nitrogen and oxygen atoms in total. The van der Waals surface area contributed by atoms with Crippen LogP contribution >= 0.6 is 0 Å². The first kappa shape index (κ1) is 11.7. The van der Waals surface area contributed by atoms with Crippen LogP contribution in [0.4, 0.5) is 0 Å². The van der Waals surface area contributed by atoms with Crippen molar-refractivity contribution in [2.45, 2.75) is 33.1 Å². The van der Waals surface area contributed by atoms with E-state index in [4.69, 9.17) is 0 Å². The first-order valence-electron chi connectivity index (χ1n) is 5.52. The first-order chi connectivity index (χ1) is 7.25. The summed E-state index contributed by atoms with van der Waals surface area (Å²) in [5.41, 5.74) is 1.88. The van der Waals surface area contributed by atoms with Gasteiger partial charge in [0.25, 0.3) is 0 Å². The quantitative estimate of drug-likeness (QED) is 0.523. The van der Waals surface area contributed by atoms with Crippen molar-refractivity contribution < 1.29 is 4.79 Å². The third-order valence-corrected chi connectivity index (χ3v) is 2.37. The third-order valence-electron chi connectivity index (χ3n) is 2.37. The van der Waals surface area contributed by atoms with E-state index in [9.17, 15) is 4.79 Å². The first-order valence-corrected chi connectivity index (χ1v) is 5.52. The summed E-state index contributed by atoms with van der Waals surface area (Å²) in [6.07, 6.45) is 5.35. The van der Waals surface area contributed by atoms with E-state index >= 15 is 0 Å². The number of hydrogen-bond donors (Lipinski definition) is 0. The summed E-state index contributed by atoms with van der Waals surface area (Å²) >= 11 is 0. The molecule has 1 aromatic carbocycles. The monoisotopic (exact) mass is 202 g/mol. The van der Waals surface area contributed by atoms with Gasteiger partial charge in [-0.05, 0) is 18.9 Å². The van der Waals surface area contributed by atoms with Gasteiger partial charge in [0.1, 0.15) is 0 Å². The molecule has 0 bridgehead atoms. The Morgan fingerprint density at radius 3 is 2.47 bits per heavy atom. The van der Waals surface area contributed by atoms with Crippen LogP contribution < -0.4 is 0 Å². The molecule has 1 rings (SSSR count). The summed E-state index contributed by atoms with van der Waals surface area (Å²) in [7, 11) is 0. The highest BCUT2D eigenvalue weighted by Gasteiger charge is 2.05. The minimum Gasteiger partial charge on any atom is -0.295 e. The van der Waals surface area contributed by atoms with Gasteiger partial charge in [-0.2, -0.15) is 0 Å². The maximum Gasteiger partial charge on any atom is 0.160 e. The highest BCUT2D eigenvalue weighted by atomic mass is 16.1. The smallest absolute Gasteiger partial charge is 0.160 e.